The van der Waals surface area contributed by atoms with Crippen molar-refractivity contribution in [3.63, 3.8) is 0 Å². The van der Waals surface area contributed by atoms with Crippen molar-refractivity contribution in [2.24, 2.45) is 5.73 Å². The van der Waals surface area contributed by atoms with Crippen LogP contribution in [0.4, 0.5) is 0 Å². The maximum Gasteiger partial charge on any atom is 0.277 e. The lowest BCUT2D eigenvalue weighted by Crippen LogP contribution is -2.42. The van der Waals surface area contributed by atoms with Crippen LogP contribution in [-0.4, -0.2) is 23.9 Å². The predicted molar refractivity (Wildman–Crippen MR) is 26.8 cm³/mol. The van der Waals surface area contributed by atoms with Crippen molar-refractivity contribution in [3.8, 4) is 0 Å². The Kier molecular flexibility index (Phi) is 1.94. The molecule has 0 unspecified atom stereocenters. The van der Waals surface area contributed by atoms with Gasteiger partial charge in [-0.2, -0.15) is 0 Å². The molecule has 1 atom stereocenters. The van der Waals surface area contributed by atoms with Crippen LogP contribution in [0, 0.1) is 0 Å². The fourth-order valence-corrected chi connectivity index (χ4v) is 0.101. The van der Waals surface area contributed by atoms with Gasteiger partial charge in [0.2, 0.25) is 5.79 Å². The maximum atomic E-state index is 10.1. The van der Waals surface area contributed by atoms with Gasteiger partial charge < -0.3 is 15.6 Å². The van der Waals surface area contributed by atoms with Gasteiger partial charge >= 0.3 is 0 Å². The molecule has 0 saturated carbocycles. The van der Waals surface area contributed by atoms with Gasteiger partial charge in [0.25, 0.3) is 5.91 Å². The van der Waals surface area contributed by atoms with Crippen LogP contribution < -0.4 is 5.73 Å². The fraction of sp³-hybridized carbons (Fsp3) is 0.750. The number of hydrogen-bond acceptors (Lipinski definition) is 3. The van der Waals surface area contributed by atoms with Crippen LogP contribution in [-0.2, 0) is 9.53 Å². The van der Waals surface area contributed by atoms with E-state index in [9.17, 15) is 4.79 Å². The highest BCUT2D eigenvalue weighted by molar-refractivity contribution is 5.80. The second-order valence-electron chi connectivity index (χ2n) is 1.55. The first kappa shape index (κ1) is 7.39. The SMILES string of the molecule is CO[C@@](C)(O)C(N)=O. The van der Waals surface area contributed by atoms with Crippen molar-refractivity contribution in [3.05, 3.63) is 0 Å². The maximum absolute atomic E-state index is 10.1. The number of ether oxygens (including phenoxy) is 1. The summed E-state index contributed by atoms with van der Waals surface area (Å²) < 4.78 is 4.28. The zero-order valence-corrected chi connectivity index (χ0v) is 4.84. The number of rotatable bonds is 2. The van der Waals surface area contributed by atoms with E-state index in [4.69, 9.17) is 5.11 Å². The first-order valence-corrected chi connectivity index (χ1v) is 2.08. The summed E-state index contributed by atoms with van der Waals surface area (Å²) in [6.07, 6.45) is 0. The molecular formula is C4H9NO3. The topological polar surface area (TPSA) is 72.6 Å². The largest absolute Gasteiger partial charge is 0.365 e. The number of carbonyl (C=O) groups excluding carboxylic acids is 1. The summed E-state index contributed by atoms with van der Waals surface area (Å²) in [5.74, 6) is -2.71. The number of amides is 1. The van der Waals surface area contributed by atoms with Gasteiger partial charge in [0, 0.05) is 7.11 Å². The van der Waals surface area contributed by atoms with E-state index >= 15 is 0 Å². The van der Waals surface area contributed by atoms with Gasteiger partial charge in [-0.25, -0.2) is 0 Å². The average molecular weight is 119 g/mol. The normalized spacial score (nSPS) is 17.4. The second-order valence-corrected chi connectivity index (χ2v) is 1.55. The minimum Gasteiger partial charge on any atom is -0.365 e. The van der Waals surface area contributed by atoms with Gasteiger partial charge in [0.1, 0.15) is 0 Å². The molecule has 8 heavy (non-hydrogen) atoms. The summed E-state index contributed by atoms with van der Waals surface area (Å²) in [6.45, 7) is 1.18. The lowest BCUT2D eigenvalue weighted by Gasteiger charge is -2.15. The van der Waals surface area contributed by atoms with Crippen LogP contribution in [0.3, 0.4) is 0 Å². The van der Waals surface area contributed by atoms with Gasteiger partial charge in [-0.1, -0.05) is 0 Å². The Labute approximate surface area is 47.2 Å². The van der Waals surface area contributed by atoms with E-state index < -0.39 is 11.7 Å². The third kappa shape index (κ3) is 1.48. The monoisotopic (exact) mass is 119 g/mol. The Balaban J connectivity index is 3.91. The molecule has 0 aliphatic heterocycles. The standard InChI is InChI=1S/C4H9NO3/c1-4(7,8-2)3(5)6/h7H,1-2H3,(H2,5,6)/t4-/m1/s1. The molecule has 4 nitrogen and oxygen atoms in total. The third-order valence-corrected chi connectivity index (χ3v) is 0.855. The van der Waals surface area contributed by atoms with E-state index in [-0.39, 0.29) is 0 Å². The minimum absolute atomic E-state index is 0.889. The molecule has 0 aromatic rings. The van der Waals surface area contributed by atoms with Crippen LogP contribution in [0.1, 0.15) is 6.92 Å². The van der Waals surface area contributed by atoms with Crippen molar-refractivity contribution >= 4 is 5.91 Å². The van der Waals surface area contributed by atoms with Gasteiger partial charge in [0.15, 0.2) is 0 Å². The summed E-state index contributed by atoms with van der Waals surface area (Å²) in [5.41, 5.74) is 4.67. The number of nitrogens with two attached hydrogens (primary N) is 1. The summed E-state index contributed by atoms with van der Waals surface area (Å²) in [4.78, 5) is 10.1. The zero-order chi connectivity index (χ0) is 6.78. The molecule has 4 heteroatoms. The molecule has 0 fully saturated rings. The quantitative estimate of drug-likeness (QED) is 0.450. The lowest BCUT2D eigenvalue weighted by molar-refractivity contribution is -0.185. The third-order valence-electron chi connectivity index (χ3n) is 0.855. The molecule has 0 aromatic carbocycles. The molecule has 0 radical (unpaired) electrons. The lowest BCUT2D eigenvalue weighted by atomic mass is 10.3. The van der Waals surface area contributed by atoms with Crippen molar-refractivity contribution in [1.82, 2.24) is 0 Å². The second kappa shape index (κ2) is 2.11. The Morgan fingerprint density at radius 3 is 2.25 bits per heavy atom. The Morgan fingerprint density at radius 1 is 1.88 bits per heavy atom. The molecule has 0 spiro atoms. The summed E-state index contributed by atoms with van der Waals surface area (Å²) >= 11 is 0. The molecule has 3 N–H and O–H groups in total. The highest BCUT2D eigenvalue weighted by Gasteiger charge is 2.26. The van der Waals surface area contributed by atoms with Crippen molar-refractivity contribution in [2.45, 2.75) is 12.7 Å². The predicted octanol–water partition coefficient (Wildman–Crippen LogP) is -1.17. The van der Waals surface area contributed by atoms with Gasteiger partial charge in [-0.05, 0) is 6.92 Å². The van der Waals surface area contributed by atoms with Gasteiger partial charge in [0.05, 0.1) is 0 Å². The molecule has 0 heterocycles. The number of aliphatic hydroxyl groups is 1. The molecule has 0 aliphatic rings. The van der Waals surface area contributed by atoms with Crippen LogP contribution in [0.5, 0.6) is 0 Å². The number of methoxy groups -OCH3 is 1. The van der Waals surface area contributed by atoms with Crippen LogP contribution in [0.15, 0.2) is 0 Å². The highest BCUT2D eigenvalue weighted by atomic mass is 16.6. The first-order valence-electron chi connectivity index (χ1n) is 2.08. The van der Waals surface area contributed by atoms with Crippen molar-refractivity contribution < 1.29 is 14.6 Å². The van der Waals surface area contributed by atoms with Crippen LogP contribution >= 0.6 is 0 Å². The summed E-state index contributed by atoms with van der Waals surface area (Å²) in [6, 6.07) is 0. The van der Waals surface area contributed by atoms with Gasteiger partial charge in [-0.15, -0.1) is 0 Å². The van der Waals surface area contributed by atoms with E-state index in [1.807, 2.05) is 0 Å². The number of carbonyl (C=O) groups is 1. The first-order chi connectivity index (χ1) is 3.50. The Morgan fingerprint density at radius 2 is 2.25 bits per heavy atom. The van der Waals surface area contributed by atoms with E-state index in [0.717, 1.165) is 0 Å². The molecule has 0 saturated heterocycles. The van der Waals surface area contributed by atoms with Gasteiger partial charge in [-0.3, -0.25) is 4.79 Å². The molecule has 0 rings (SSSR count). The molecule has 48 valence electrons. The average Bonchev–Trinajstić information content (AvgIpc) is 1.67. The van der Waals surface area contributed by atoms with E-state index in [1.54, 1.807) is 0 Å². The zero-order valence-electron chi connectivity index (χ0n) is 4.84. The Hall–Kier alpha value is -0.610. The summed E-state index contributed by atoms with van der Waals surface area (Å²) in [7, 11) is 1.20. The van der Waals surface area contributed by atoms with Crippen molar-refractivity contribution in [1.29, 1.82) is 0 Å². The number of primary amides is 1. The Bertz CT molecular complexity index is 99.5. The van der Waals surface area contributed by atoms with E-state index in [2.05, 4.69) is 10.5 Å². The summed E-state index contributed by atoms with van der Waals surface area (Å²) in [5, 5.41) is 8.70. The van der Waals surface area contributed by atoms with E-state index in [0.29, 0.717) is 0 Å². The molecule has 1 amide bonds. The molecule has 0 aliphatic carbocycles. The van der Waals surface area contributed by atoms with Crippen molar-refractivity contribution in [2.75, 3.05) is 7.11 Å². The van der Waals surface area contributed by atoms with Crippen LogP contribution in [0.2, 0.25) is 0 Å². The molecule has 0 bridgehead atoms. The number of hydrogen-bond donors (Lipinski definition) is 2. The fourth-order valence-electron chi connectivity index (χ4n) is 0.101. The van der Waals surface area contributed by atoms with Crippen LogP contribution in [0.25, 0.3) is 0 Å². The molecule has 0 aromatic heterocycles. The van der Waals surface area contributed by atoms with E-state index in [1.165, 1.54) is 14.0 Å². The minimum atomic E-state index is -1.82. The smallest absolute Gasteiger partial charge is 0.277 e. The highest BCUT2D eigenvalue weighted by Crippen LogP contribution is 1.99. The molecular weight excluding hydrogens is 110 g/mol.